The van der Waals surface area contributed by atoms with E-state index in [1.165, 1.54) is 77.4 Å². The summed E-state index contributed by atoms with van der Waals surface area (Å²) >= 11 is 1.66. The van der Waals surface area contributed by atoms with Crippen molar-refractivity contribution in [2.45, 2.75) is 122 Å². The third-order valence-corrected chi connectivity index (χ3v) is 14.5. The van der Waals surface area contributed by atoms with Crippen molar-refractivity contribution < 1.29 is 38.6 Å². The van der Waals surface area contributed by atoms with E-state index in [1.807, 2.05) is 23.6 Å². The minimum Gasteiger partial charge on any atom is -0.495 e. The Morgan fingerprint density at radius 1 is 0.800 bits per heavy atom. The van der Waals surface area contributed by atoms with Gasteiger partial charge in [0.1, 0.15) is 11.5 Å². The van der Waals surface area contributed by atoms with E-state index in [4.69, 9.17) is 15.2 Å². The van der Waals surface area contributed by atoms with Gasteiger partial charge in [-0.2, -0.15) is 0 Å². The molecular weight excluding hydrogens is 967 g/mol. The number of ether oxygens (including phenoxy) is 2. The molecule has 3 aromatic carbocycles. The molecule has 75 heavy (non-hydrogen) atoms. The maximum atomic E-state index is 14.8. The largest absolute Gasteiger partial charge is 0.495 e. The van der Waals surface area contributed by atoms with E-state index in [2.05, 4.69) is 68.9 Å². The van der Waals surface area contributed by atoms with Crippen LogP contribution in [0.25, 0.3) is 6.08 Å². The Hall–Kier alpha value is -6.44. The zero-order chi connectivity index (χ0) is 53.2. The van der Waals surface area contributed by atoms with Crippen LogP contribution in [0.15, 0.2) is 60.0 Å². The lowest BCUT2D eigenvalue weighted by Gasteiger charge is -2.20. The number of aliphatic carboxylic acids is 1. The lowest BCUT2D eigenvalue weighted by molar-refractivity contribution is -0.136. The summed E-state index contributed by atoms with van der Waals surface area (Å²) in [6, 6.07) is 12.0. The highest BCUT2D eigenvalue weighted by atomic mass is 32.2. The first-order valence-corrected chi connectivity index (χ1v) is 28.3. The number of carbonyl (C=O) groups excluding carboxylic acids is 4. The molecule has 1 heterocycles. The van der Waals surface area contributed by atoms with Crippen molar-refractivity contribution in [3.8, 4) is 23.3 Å². The van der Waals surface area contributed by atoms with Crippen molar-refractivity contribution >= 4 is 64.6 Å². The number of aryl methyl sites for hydroxylation is 1. The quantitative estimate of drug-likeness (QED) is 0.0232. The molecule has 6 rings (SSSR count). The van der Waals surface area contributed by atoms with Gasteiger partial charge in [-0.25, -0.2) is 4.79 Å². The molecule has 9 N–H and O–H groups in total. The molecular formula is C59H79N7O8S. The smallest absolute Gasteiger partial charge is 0.314 e. The number of hydrogen-bond donors (Lipinski definition) is 8. The summed E-state index contributed by atoms with van der Waals surface area (Å²) in [6.45, 7) is 4.61. The number of urea groups is 1. The number of nitrogens with one attached hydrogen (secondary N) is 6. The van der Waals surface area contributed by atoms with Crippen LogP contribution in [-0.2, 0) is 11.2 Å². The van der Waals surface area contributed by atoms with Crippen molar-refractivity contribution in [1.29, 1.82) is 0 Å². The number of carboxylic acids is 1. The molecule has 0 bridgehead atoms. The van der Waals surface area contributed by atoms with Gasteiger partial charge in [-0.1, -0.05) is 88.4 Å². The SMILES string of the molecule is CCCCCCCCNC(=O)NCCNC(=O)c1cc(C#CCCC(=O)O)c(NC(=O)c2cc(OC)c(NC(=O)c3cc(/C=C/C4CCCCC4)cc(NCC4CC4)c3)cc2CCCCN)c(OCC2C=CSC2)c1. The predicted molar refractivity (Wildman–Crippen MR) is 302 cm³/mol. The summed E-state index contributed by atoms with van der Waals surface area (Å²) in [7, 11) is 1.48. The zero-order valence-electron chi connectivity index (χ0n) is 44.1. The Kier molecular flexibility index (Phi) is 24.2. The van der Waals surface area contributed by atoms with E-state index < -0.39 is 17.8 Å². The monoisotopic (exact) mass is 1050 g/mol. The topological polar surface area (TPSA) is 222 Å². The van der Waals surface area contributed by atoms with Gasteiger partial charge in [0, 0.05) is 66.6 Å². The zero-order valence-corrected chi connectivity index (χ0v) is 44.9. The van der Waals surface area contributed by atoms with Gasteiger partial charge in [0.2, 0.25) is 0 Å². The van der Waals surface area contributed by atoms with Crippen molar-refractivity contribution in [2.24, 2.45) is 23.5 Å². The number of thioether (sulfide) groups is 1. The number of hydrogen-bond acceptors (Lipinski definition) is 10. The minimum absolute atomic E-state index is 0.0153. The van der Waals surface area contributed by atoms with E-state index >= 15 is 0 Å². The fourth-order valence-corrected chi connectivity index (χ4v) is 9.92. The molecule has 0 saturated heterocycles. The highest BCUT2D eigenvalue weighted by Crippen LogP contribution is 2.36. The molecule has 16 heteroatoms. The number of amides is 5. The van der Waals surface area contributed by atoms with Crippen molar-refractivity contribution in [1.82, 2.24) is 16.0 Å². The summed E-state index contributed by atoms with van der Waals surface area (Å²) in [4.78, 5) is 66.8. The molecule has 0 aromatic heterocycles. The van der Waals surface area contributed by atoms with Crippen LogP contribution in [0.4, 0.5) is 21.9 Å². The molecule has 1 atom stereocenters. The molecule has 2 saturated carbocycles. The van der Waals surface area contributed by atoms with Crippen LogP contribution in [0.3, 0.4) is 0 Å². The number of allylic oxidation sites excluding steroid dienone is 1. The first kappa shape index (κ1) is 57.8. The molecule has 3 aromatic rings. The molecule has 5 amide bonds. The molecule has 1 aliphatic heterocycles. The molecule has 15 nitrogen and oxygen atoms in total. The molecule has 2 aliphatic carbocycles. The summed E-state index contributed by atoms with van der Waals surface area (Å²) in [6.07, 6.45) is 23.3. The normalized spacial score (nSPS) is 15.2. The van der Waals surface area contributed by atoms with Gasteiger partial charge in [0.05, 0.1) is 37.1 Å². The Morgan fingerprint density at radius 3 is 2.32 bits per heavy atom. The van der Waals surface area contributed by atoms with Gasteiger partial charge in [-0.05, 0) is 129 Å². The number of nitrogens with two attached hydrogens (primary N) is 1. The average Bonchev–Trinajstić information content (AvgIpc) is 4.10. The van der Waals surface area contributed by atoms with Crippen molar-refractivity contribution in [3.05, 3.63) is 93.4 Å². The first-order chi connectivity index (χ1) is 36.5. The van der Waals surface area contributed by atoms with Crippen LogP contribution >= 0.6 is 11.8 Å². The highest BCUT2D eigenvalue weighted by Gasteiger charge is 2.25. The van der Waals surface area contributed by atoms with Gasteiger partial charge >= 0.3 is 12.0 Å². The number of benzene rings is 3. The number of carboxylic acid groups (broad SMARTS) is 1. The minimum atomic E-state index is -1.01. The van der Waals surface area contributed by atoms with E-state index in [0.29, 0.717) is 61.0 Å². The van der Waals surface area contributed by atoms with Crippen molar-refractivity contribution in [2.75, 3.05) is 68.1 Å². The Balaban J connectivity index is 1.25. The van der Waals surface area contributed by atoms with Crippen LogP contribution in [-0.4, -0.2) is 87.0 Å². The number of anilines is 3. The molecule has 1 unspecified atom stereocenters. The maximum absolute atomic E-state index is 14.8. The lowest BCUT2D eigenvalue weighted by Crippen LogP contribution is -2.40. The fourth-order valence-electron chi connectivity index (χ4n) is 9.02. The predicted octanol–water partition coefficient (Wildman–Crippen LogP) is 10.8. The van der Waals surface area contributed by atoms with Gasteiger partial charge in [-0.15, -0.1) is 11.8 Å². The van der Waals surface area contributed by atoms with E-state index in [0.717, 1.165) is 42.8 Å². The van der Waals surface area contributed by atoms with Crippen LogP contribution < -0.4 is 47.1 Å². The number of methoxy groups -OCH3 is 1. The average molecular weight is 1050 g/mol. The Morgan fingerprint density at radius 2 is 1.57 bits per heavy atom. The Labute approximate surface area is 448 Å². The maximum Gasteiger partial charge on any atom is 0.314 e. The molecule has 404 valence electrons. The second-order valence-electron chi connectivity index (χ2n) is 19.8. The van der Waals surface area contributed by atoms with Crippen LogP contribution in [0.2, 0.25) is 0 Å². The summed E-state index contributed by atoms with van der Waals surface area (Å²) in [5, 5.41) is 29.6. The van der Waals surface area contributed by atoms with E-state index in [9.17, 15) is 29.1 Å². The van der Waals surface area contributed by atoms with E-state index in [-0.39, 0.29) is 84.3 Å². The standard InChI is InChI=1S/C59H79N7O8S/c1-3-4-5-6-7-15-27-62-59(72)63-29-28-61-56(69)48-33-46(19-11-12-20-54(67)68)55(53(36-48)74-39-44-25-30-75-40-44)66-58(71)50-37-52(73-2)51(35-45(50)18-13-14-26-60)65-57(70)47-31-43(24-21-41-16-9-8-10-17-41)32-49(34-47)64-38-42-22-23-42/h21,24-25,30-37,41-42,44,64H,3-10,12-18,20,22-23,26-29,38-40,60H2,1-2H3,(H,61,69)(H,65,70)(H,66,71)(H,67,68)(H2,62,63,72)/b24-21+. The first-order valence-electron chi connectivity index (χ1n) is 27.2. The highest BCUT2D eigenvalue weighted by molar-refractivity contribution is 8.02. The third-order valence-electron chi connectivity index (χ3n) is 13.6. The summed E-state index contributed by atoms with van der Waals surface area (Å²) in [5.41, 5.74) is 10.2. The molecule has 0 spiro atoms. The molecule has 3 aliphatic rings. The van der Waals surface area contributed by atoms with Crippen molar-refractivity contribution in [3.63, 3.8) is 0 Å². The number of carbonyl (C=O) groups is 5. The van der Waals surface area contributed by atoms with Crippen LogP contribution in [0.1, 0.15) is 164 Å². The van der Waals surface area contributed by atoms with Crippen LogP contribution in [0.5, 0.6) is 11.5 Å². The van der Waals surface area contributed by atoms with Gasteiger partial charge < -0.3 is 52.2 Å². The second-order valence-corrected chi connectivity index (χ2v) is 20.8. The van der Waals surface area contributed by atoms with Gasteiger partial charge in [0.15, 0.2) is 0 Å². The number of rotatable bonds is 30. The fraction of sp³-hybridized carbons (Fsp3) is 0.508. The molecule has 0 radical (unpaired) electrons. The van der Waals surface area contributed by atoms with Crippen LogP contribution in [0, 0.1) is 29.6 Å². The Bertz CT molecular complexity index is 2530. The lowest BCUT2D eigenvalue weighted by atomic mass is 9.88. The summed E-state index contributed by atoms with van der Waals surface area (Å²) < 4.78 is 12.3. The molecule has 2 fully saturated rings. The van der Waals surface area contributed by atoms with E-state index in [1.54, 1.807) is 30.0 Å². The number of unbranched alkanes of at least 4 members (excludes halogenated alkanes) is 6. The van der Waals surface area contributed by atoms with Gasteiger partial charge in [0.25, 0.3) is 17.7 Å². The summed E-state index contributed by atoms with van der Waals surface area (Å²) in [5.74, 6) is 6.08. The second kappa shape index (κ2) is 31.4. The van der Waals surface area contributed by atoms with Gasteiger partial charge in [-0.3, -0.25) is 19.2 Å². The third kappa shape index (κ3) is 20.0.